The molecule has 0 saturated carbocycles. The van der Waals surface area contributed by atoms with Crippen molar-refractivity contribution in [2.75, 3.05) is 0 Å². The molecule has 0 atom stereocenters. The number of nitrogens with zero attached hydrogens (tertiary/aromatic N) is 1. The van der Waals surface area contributed by atoms with Crippen LogP contribution < -0.4 is 0 Å². The standard InChI is InChI=1S/C7H6ClNS/c1-5-4-6(2-3-9)10-7(5)8/h4H,2H2,1H3. The van der Waals surface area contributed by atoms with Gasteiger partial charge in [-0.05, 0) is 18.6 Å². The van der Waals surface area contributed by atoms with Crippen LogP contribution in [0.15, 0.2) is 6.07 Å². The fourth-order valence-electron chi connectivity index (χ4n) is 0.688. The minimum absolute atomic E-state index is 0.470. The molecule has 52 valence electrons. The maximum absolute atomic E-state index is 8.33. The van der Waals surface area contributed by atoms with Gasteiger partial charge in [-0.15, -0.1) is 11.3 Å². The van der Waals surface area contributed by atoms with E-state index in [0.29, 0.717) is 6.42 Å². The second-order valence-corrected chi connectivity index (χ2v) is 3.74. The van der Waals surface area contributed by atoms with Crippen molar-refractivity contribution < 1.29 is 0 Å². The van der Waals surface area contributed by atoms with Gasteiger partial charge in [0.15, 0.2) is 0 Å². The van der Waals surface area contributed by atoms with E-state index in [1.807, 2.05) is 13.0 Å². The highest BCUT2D eigenvalue weighted by Gasteiger charge is 2.00. The van der Waals surface area contributed by atoms with Crippen molar-refractivity contribution >= 4 is 22.9 Å². The number of rotatable bonds is 1. The molecule has 1 nitrogen and oxygen atoms in total. The van der Waals surface area contributed by atoms with Gasteiger partial charge in [0.05, 0.1) is 16.8 Å². The first-order valence-corrected chi connectivity index (χ1v) is 4.05. The van der Waals surface area contributed by atoms with Crippen LogP contribution in [-0.4, -0.2) is 0 Å². The van der Waals surface area contributed by atoms with Gasteiger partial charge in [0.1, 0.15) is 0 Å². The Morgan fingerprint density at radius 3 is 2.90 bits per heavy atom. The Labute approximate surface area is 68.9 Å². The van der Waals surface area contributed by atoms with Crippen LogP contribution in [0.2, 0.25) is 4.34 Å². The van der Waals surface area contributed by atoms with E-state index in [9.17, 15) is 0 Å². The van der Waals surface area contributed by atoms with E-state index in [4.69, 9.17) is 16.9 Å². The molecule has 0 aliphatic carbocycles. The number of halogens is 1. The number of hydrogen-bond acceptors (Lipinski definition) is 2. The molecule has 3 heteroatoms. The third-order valence-corrected chi connectivity index (χ3v) is 2.72. The summed E-state index contributed by atoms with van der Waals surface area (Å²) in [6.07, 6.45) is 0.470. The molecule has 0 spiro atoms. The molecule has 0 saturated heterocycles. The maximum atomic E-state index is 8.33. The zero-order valence-electron chi connectivity index (χ0n) is 5.52. The predicted octanol–water partition coefficient (Wildman–Crippen LogP) is 2.78. The van der Waals surface area contributed by atoms with Crippen LogP contribution >= 0.6 is 22.9 Å². The van der Waals surface area contributed by atoms with Crippen LogP contribution in [0.25, 0.3) is 0 Å². The Bertz CT molecular complexity index is 252. The van der Waals surface area contributed by atoms with Crippen LogP contribution in [0.4, 0.5) is 0 Å². The second kappa shape index (κ2) is 3.05. The molecular formula is C7H6ClNS. The van der Waals surface area contributed by atoms with Gasteiger partial charge in [-0.25, -0.2) is 0 Å². The van der Waals surface area contributed by atoms with Gasteiger partial charge in [0.25, 0.3) is 0 Å². The van der Waals surface area contributed by atoms with Crippen molar-refractivity contribution in [3.05, 3.63) is 20.8 Å². The zero-order valence-corrected chi connectivity index (χ0v) is 7.09. The molecule has 0 amide bonds. The highest BCUT2D eigenvalue weighted by atomic mass is 35.5. The number of aryl methyl sites for hydroxylation is 1. The summed E-state index contributed by atoms with van der Waals surface area (Å²) in [5.41, 5.74) is 1.07. The van der Waals surface area contributed by atoms with Crippen molar-refractivity contribution in [3.8, 4) is 6.07 Å². The fraction of sp³-hybridized carbons (Fsp3) is 0.286. The van der Waals surface area contributed by atoms with Crippen LogP contribution in [0.5, 0.6) is 0 Å². The monoisotopic (exact) mass is 171 g/mol. The smallest absolute Gasteiger partial charge is 0.0960 e. The Morgan fingerprint density at radius 2 is 2.50 bits per heavy atom. The van der Waals surface area contributed by atoms with Gasteiger partial charge in [-0.2, -0.15) is 5.26 Å². The van der Waals surface area contributed by atoms with E-state index in [2.05, 4.69) is 6.07 Å². The molecule has 0 unspecified atom stereocenters. The molecule has 1 aromatic heterocycles. The van der Waals surface area contributed by atoms with Crippen molar-refractivity contribution in [2.45, 2.75) is 13.3 Å². The Hall–Kier alpha value is -0.520. The summed E-state index contributed by atoms with van der Waals surface area (Å²) >= 11 is 7.26. The third-order valence-electron chi connectivity index (χ3n) is 1.16. The number of nitriles is 1. The van der Waals surface area contributed by atoms with Crippen LogP contribution in [0.3, 0.4) is 0 Å². The minimum Gasteiger partial charge on any atom is -0.198 e. The Morgan fingerprint density at radius 1 is 1.80 bits per heavy atom. The quantitative estimate of drug-likeness (QED) is 0.638. The lowest BCUT2D eigenvalue weighted by Crippen LogP contribution is -1.69. The minimum atomic E-state index is 0.470. The summed E-state index contributed by atoms with van der Waals surface area (Å²) in [7, 11) is 0. The van der Waals surface area contributed by atoms with E-state index >= 15 is 0 Å². The molecular weight excluding hydrogens is 166 g/mol. The highest BCUT2D eigenvalue weighted by molar-refractivity contribution is 7.16. The molecule has 0 aliphatic heterocycles. The molecule has 0 fully saturated rings. The molecule has 0 radical (unpaired) electrons. The average Bonchev–Trinajstić information content (AvgIpc) is 2.14. The summed E-state index contributed by atoms with van der Waals surface area (Å²) in [4.78, 5) is 1.05. The van der Waals surface area contributed by atoms with Gasteiger partial charge in [0.2, 0.25) is 0 Å². The van der Waals surface area contributed by atoms with Crippen LogP contribution in [0.1, 0.15) is 10.4 Å². The summed E-state index contributed by atoms with van der Waals surface area (Å²) in [5.74, 6) is 0. The number of thiophene rings is 1. The van der Waals surface area contributed by atoms with Crippen LogP contribution in [0, 0.1) is 18.3 Å². The zero-order chi connectivity index (χ0) is 7.56. The van der Waals surface area contributed by atoms with Crippen molar-refractivity contribution in [3.63, 3.8) is 0 Å². The molecule has 10 heavy (non-hydrogen) atoms. The normalized spacial score (nSPS) is 9.30. The molecule has 0 bridgehead atoms. The van der Waals surface area contributed by atoms with Crippen molar-refractivity contribution in [1.29, 1.82) is 5.26 Å². The topological polar surface area (TPSA) is 23.8 Å². The van der Waals surface area contributed by atoms with Gasteiger partial charge < -0.3 is 0 Å². The largest absolute Gasteiger partial charge is 0.198 e. The predicted molar refractivity (Wildman–Crippen MR) is 43.4 cm³/mol. The fourth-order valence-corrected chi connectivity index (χ4v) is 1.86. The Balaban J connectivity index is 2.90. The molecule has 0 N–H and O–H groups in total. The third kappa shape index (κ3) is 1.50. The van der Waals surface area contributed by atoms with Crippen molar-refractivity contribution in [2.24, 2.45) is 0 Å². The molecule has 0 aromatic carbocycles. The Kier molecular flexibility index (Phi) is 2.31. The van der Waals surface area contributed by atoms with Gasteiger partial charge in [-0.1, -0.05) is 11.6 Å². The summed E-state index contributed by atoms with van der Waals surface area (Å²) < 4.78 is 0.797. The molecule has 1 rings (SSSR count). The van der Waals surface area contributed by atoms with E-state index < -0.39 is 0 Å². The lowest BCUT2D eigenvalue weighted by atomic mass is 10.3. The van der Waals surface area contributed by atoms with E-state index in [1.54, 1.807) is 0 Å². The SMILES string of the molecule is Cc1cc(CC#N)sc1Cl. The van der Waals surface area contributed by atoms with E-state index in [1.165, 1.54) is 11.3 Å². The lowest BCUT2D eigenvalue weighted by molar-refractivity contribution is 1.31. The summed E-state index contributed by atoms with van der Waals surface area (Å²) in [6.45, 7) is 1.94. The number of hydrogen-bond donors (Lipinski definition) is 0. The first-order chi connectivity index (χ1) is 4.74. The summed E-state index contributed by atoms with van der Waals surface area (Å²) in [6, 6.07) is 4.03. The van der Waals surface area contributed by atoms with Gasteiger partial charge >= 0.3 is 0 Å². The van der Waals surface area contributed by atoms with E-state index in [-0.39, 0.29) is 0 Å². The molecule has 0 aliphatic rings. The summed E-state index contributed by atoms with van der Waals surface area (Å²) in [5, 5.41) is 8.33. The first-order valence-electron chi connectivity index (χ1n) is 2.86. The molecule has 1 aromatic rings. The van der Waals surface area contributed by atoms with Gasteiger partial charge in [-0.3, -0.25) is 0 Å². The maximum Gasteiger partial charge on any atom is 0.0960 e. The van der Waals surface area contributed by atoms with Gasteiger partial charge in [0, 0.05) is 4.88 Å². The average molecular weight is 172 g/mol. The lowest BCUT2D eigenvalue weighted by Gasteiger charge is -1.77. The second-order valence-electron chi connectivity index (χ2n) is 2.00. The van der Waals surface area contributed by atoms with E-state index in [0.717, 1.165) is 14.8 Å². The first kappa shape index (κ1) is 7.59. The van der Waals surface area contributed by atoms with Crippen molar-refractivity contribution in [1.82, 2.24) is 0 Å². The van der Waals surface area contributed by atoms with Crippen LogP contribution in [-0.2, 0) is 6.42 Å². The highest BCUT2D eigenvalue weighted by Crippen LogP contribution is 2.26. The molecule has 1 heterocycles.